The molecule has 1 aliphatic heterocycles. The highest BCUT2D eigenvalue weighted by Gasteiger charge is 2.32. The Balaban J connectivity index is 2.05. The molecule has 0 unspecified atom stereocenters. The van der Waals surface area contributed by atoms with Gasteiger partial charge in [-0.15, -0.1) is 0 Å². The quantitative estimate of drug-likeness (QED) is 0.566. The molecule has 0 atom stereocenters. The number of hydrogen-bond donors (Lipinski definition) is 2. The summed E-state index contributed by atoms with van der Waals surface area (Å²) >= 11 is 0. The summed E-state index contributed by atoms with van der Waals surface area (Å²) in [7, 11) is 0. The van der Waals surface area contributed by atoms with E-state index in [2.05, 4.69) is 10.5 Å². The minimum absolute atomic E-state index is 0.00760. The Bertz CT molecular complexity index is 470. The first kappa shape index (κ1) is 11.1. The summed E-state index contributed by atoms with van der Waals surface area (Å²) < 4.78 is 0. The Kier molecular flexibility index (Phi) is 3.04. The highest BCUT2D eigenvalue weighted by Crippen LogP contribution is 2.12. The number of hydrogen-bond acceptors (Lipinski definition) is 4. The highest BCUT2D eigenvalue weighted by molar-refractivity contribution is 6.43. The van der Waals surface area contributed by atoms with Crippen molar-refractivity contribution in [2.75, 3.05) is 11.9 Å². The van der Waals surface area contributed by atoms with Crippen molar-refractivity contribution >= 4 is 23.3 Å². The normalized spacial score (nSPS) is 17.5. The van der Waals surface area contributed by atoms with Crippen molar-refractivity contribution in [2.45, 2.75) is 6.42 Å². The Labute approximate surface area is 97.5 Å². The second-order valence-electron chi connectivity index (χ2n) is 3.55. The van der Waals surface area contributed by atoms with Crippen LogP contribution in [0.1, 0.15) is 6.42 Å². The summed E-state index contributed by atoms with van der Waals surface area (Å²) in [5.41, 5.74) is 0.618. The van der Waals surface area contributed by atoms with Gasteiger partial charge in [-0.05, 0) is 12.1 Å². The highest BCUT2D eigenvalue weighted by atomic mass is 16.4. The van der Waals surface area contributed by atoms with Crippen LogP contribution in [0.4, 0.5) is 10.5 Å². The number of imide groups is 1. The van der Waals surface area contributed by atoms with E-state index in [0.717, 1.165) is 4.90 Å². The smallest absolute Gasteiger partial charge is 0.328 e. The van der Waals surface area contributed by atoms with Crippen molar-refractivity contribution in [3.8, 4) is 0 Å². The van der Waals surface area contributed by atoms with Gasteiger partial charge in [-0.2, -0.15) is 0 Å². The molecule has 2 N–H and O–H groups in total. The Morgan fingerprint density at radius 2 is 2.06 bits per heavy atom. The first-order valence-corrected chi connectivity index (χ1v) is 5.11. The second-order valence-corrected chi connectivity index (χ2v) is 3.55. The predicted octanol–water partition coefficient (Wildman–Crippen LogP) is 1.28. The average molecular weight is 233 g/mol. The Morgan fingerprint density at radius 3 is 2.65 bits per heavy atom. The molecule has 2 rings (SSSR count). The van der Waals surface area contributed by atoms with Crippen LogP contribution in [0.3, 0.4) is 0 Å². The first-order valence-electron chi connectivity index (χ1n) is 5.11. The zero-order valence-electron chi connectivity index (χ0n) is 8.96. The molecule has 6 nitrogen and oxygen atoms in total. The van der Waals surface area contributed by atoms with Crippen molar-refractivity contribution in [2.24, 2.45) is 5.16 Å². The standard InChI is InChI=1S/C11H11N3O3/c15-10-9(13-17)6-7-14(10)11(16)12-8-4-2-1-3-5-8/h1-5,17H,6-7H2,(H,12,16)/b13-9-. The molecule has 0 aliphatic carbocycles. The van der Waals surface area contributed by atoms with Gasteiger partial charge in [-0.1, -0.05) is 23.4 Å². The lowest BCUT2D eigenvalue weighted by molar-refractivity contribution is -0.119. The average Bonchev–Trinajstić information content (AvgIpc) is 2.71. The number of urea groups is 1. The Morgan fingerprint density at radius 1 is 1.35 bits per heavy atom. The molecular weight excluding hydrogens is 222 g/mol. The van der Waals surface area contributed by atoms with Gasteiger partial charge in [0.1, 0.15) is 5.71 Å². The fraction of sp³-hybridized carbons (Fsp3) is 0.182. The van der Waals surface area contributed by atoms with E-state index in [1.54, 1.807) is 24.3 Å². The molecule has 1 heterocycles. The molecule has 1 fully saturated rings. The summed E-state index contributed by atoms with van der Waals surface area (Å²) in [5, 5.41) is 14.0. The summed E-state index contributed by atoms with van der Waals surface area (Å²) in [6.45, 7) is 0.233. The molecule has 1 aromatic carbocycles. The number of carbonyl (C=O) groups is 2. The van der Waals surface area contributed by atoms with Gasteiger partial charge in [0.2, 0.25) is 0 Å². The molecule has 0 radical (unpaired) electrons. The van der Waals surface area contributed by atoms with Gasteiger partial charge in [-0.3, -0.25) is 9.69 Å². The third kappa shape index (κ3) is 2.25. The van der Waals surface area contributed by atoms with Crippen molar-refractivity contribution in [1.29, 1.82) is 0 Å². The third-order valence-electron chi connectivity index (χ3n) is 2.46. The van der Waals surface area contributed by atoms with E-state index < -0.39 is 11.9 Å². The maximum Gasteiger partial charge on any atom is 0.328 e. The van der Waals surface area contributed by atoms with E-state index in [9.17, 15) is 9.59 Å². The van der Waals surface area contributed by atoms with E-state index in [1.165, 1.54) is 0 Å². The summed E-state index contributed by atoms with van der Waals surface area (Å²) in [5.74, 6) is -0.555. The number of oxime groups is 1. The minimum Gasteiger partial charge on any atom is -0.410 e. The molecule has 0 saturated carbocycles. The zero-order chi connectivity index (χ0) is 12.3. The molecule has 1 aliphatic rings. The molecule has 0 spiro atoms. The number of amides is 3. The molecule has 1 aromatic rings. The fourth-order valence-corrected chi connectivity index (χ4v) is 1.58. The topological polar surface area (TPSA) is 82.0 Å². The van der Waals surface area contributed by atoms with Crippen LogP contribution in [0.5, 0.6) is 0 Å². The molecule has 0 aromatic heterocycles. The third-order valence-corrected chi connectivity index (χ3v) is 2.46. The van der Waals surface area contributed by atoms with Crippen molar-refractivity contribution in [3.05, 3.63) is 30.3 Å². The van der Waals surface area contributed by atoms with Crippen LogP contribution in [-0.2, 0) is 4.79 Å². The number of benzene rings is 1. The summed E-state index contributed by atoms with van der Waals surface area (Å²) in [4.78, 5) is 24.3. The van der Waals surface area contributed by atoms with Gasteiger partial charge in [0.25, 0.3) is 5.91 Å². The van der Waals surface area contributed by atoms with E-state index >= 15 is 0 Å². The molecule has 3 amide bonds. The van der Waals surface area contributed by atoms with E-state index in [0.29, 0.717) is 5.69 Å². The maximum absolute atomic E-state index is 11.7. The number of anilines is 1. The Hall–Kier alpha value is -2.37. The van der Waals surface area contributed by atoms with Crippen molar-refractivity contribution < 1.29 is 14.8 Å². The van der Waals surface area contributed by atoms with Crippen LogP contribution in [0.15, 0.2) is 35.5 Å². The van der Waals surface area contributed by atoms with Crippen LogP contribution < -0.4 is 5.32 Å². The maximum atomic E-state index is 11.7. The van der Waals surface area contributed by atoms with Gasteiger partial charge >= 0.3 is 6.03 Å². The second kappa shape index (κ2) is 4.65. The predicted molar refractivity (Wildman–Crippen MR) is 61.0 cm³/mol. The molecule has 0 bridgehead atoms. The van der Waals surface area contributed by atoms with Crippen LogP contribution >= 0.6 is 0 Å². The van der Waals surface area contributed by atoms with E-state index in [-0.39, 0.29) is 18.7 Å². The molecule has 88 valence electrons. The minimum atomic E-state index is -0.555. The van der Waals surface area contributed by atoms with Crippen molar-refractivity contribution in [3.63, 3.8) is 0 Å². The SMILES string of the molecule is O=C(Nc1ccccc1)N1CC/C(=N/O)C1=O. The number of nitrogens with zero attached hydrogens (tertiary/aromatic N) is 2. The molecular formula is C11H11N3O3. The monoisotopic (exact) mass is 233 g/mol. The van der Waals surface area contributed by atoms with Crippen LogP contribution in [0, 0.1) is 0 Å². The number of para-hydroxylation sites is 1. The van der Waals surface area contributed by atoms with E-state index in [4.69, 9.17) is 5.21 Å². The largest absolute Gasteiger partial charge is 0.410 e. The fourth-order valence-electron chi connectivity index (χ4n) is 1.58. The van der Waals surface area contributed by atoms with Crippen LogP contribution in [0.25, 0.3) is 0 Å². The molecule has 6 heteroatoms. The first-order chi connectivity index (χ1) is 8.22. The number of carbonyl (C=O) groups excluding carboxylic acids is 2. The van der Waals surface area contributed by atoms with E-state index in [1.807, 2.05) is 6.07 Å². The number of nitrogens with one attached hydrogen (secondary N) is 1. The van der Waals surface area contributed by atoms with Gasteiger partial charge in [0, 0.05) is 18.7 Å². The summed E-state index contributed by atoms with van der Waals surface area (Å²) in [6, 6.07) is 8.32. The van der Waals surface area contributed by atoms with Gasteiger partial charge in [0.05, 0.1) is 0 Å². The van der Waals surface area contributed by atoms with Crippen LogP contribution in [0.2, 0.25) is 0 Å². The number of rotatable bonds is 1. The summed E-state index contributed by atoms with van der Waals surface area (Å²) in [6.07, 6.45) is 0.275. The molecule has 17 heavy (non-hydrogen) atoms. The lowest BCUT2D eigenvalue weighted by Gasteiger charge is -2.13. The number of likely N-dealkylation sites (tertiary alicyclic amines) is 1. The van der Waals surface area contributed by atoms with Crippen molar-refractivity contribution in [1.82, 2.24) is 4.90 Å². The van der Waals surface area contributed by atoms with Gasteiger partial charge in [-0.25, -0.2) is 4.79 Å². The lowest BCUT2D eigenvalue weighted by Crippen LogP contribution is -2.37. The zero-order valence-corrected chi connectivity index (χ0v) is 8.96. The van der Waals surface area contributed by atoms with Gasteiger partial charge < -0.3 is 10.5 Å². The molecule has 1 saturated heterocycles. The van der Waals surface area contributed by atoms with Gasteiger partial charge in [0.15, 0.2) is 0 Å². The lowest BCUT2D eigenvalue weighted by atomic mass is 10.3. The van der Waals surface area contributed by atoms with Crippen LogP contribution in [-0.4, -0.2) is 34.3 Å².